The highest BCUT2D eigenvalue weighted by molar-refractivity contribution is 9.10. The number of benzene rings is 1. The molecule has 0 saturated heterocycles. The highest BCUT2D eigenvalue weighted by Gasteiger charge is 2.08. The van der Waals surface area contributed by atoms with Gasteiger partial charge in [0.1, 0.15) is 5.82 Å². The van der Waals surface area contributed by atoms with Gasteiger partial charge in [0.05, 0.1) is 4.47 Å². The van der Waals surface area contributed by atoms with Crippen molar-refractivity contribution in [3.63, 3.8) is 0 Å². The Morgan fingerprint density at radius 3 is 2.89 bits per heavy atom. The van der Waals surface area contributed by atoms with Gasteiger partial charge >= 0.3 is 0 Å². The van der Waals surface area contributed by atoms with Gasteiger partial charge in [-0.3, -0.25) is 4.98 Å². The maximum absolute atomic E-state index is 13.3. The third-order valence-electron chi connectivity index (χ3n) is 2.81. The molecule has 94 valence electrons. The van der Waals surface area contributed by atoms with Crippen molar-refractivity contribution in [2.45, 2.75) is 19.5 Å². The lowest BCUT2D eigenvalue weighted by Crippen LogP contribution is -2.18. The van der Waals surface area contributed by atoms with Crippen molar-refractivity contribution >= 4 is 15.9 Å². The fourth-order valence-corrected chi connectivity index (χ4v) is 2.10. The number of nitrogens with one attached hydrogen (secondary N) is 1. The second-order valence-corrected chi connectivity index (χ2v) is 4.89. The van der Waals surface area contributed by atoms with Crippen molar-refractivity contribution < 1.29 is 4.39 Å². The Balaban J connectivity index is 2.02. The monoisotopic (exact) mass is 308 g/mol. The smallest absolute Gasteiger partial charge is 0.137 e. The van der Waals surface area contributed by atoms with E-state index in [0.717, 1.165) is 11.1 Å². The Bertz CT molecular complexity index is 516. The van der Waals surface area contributed by atoms with E-state index >= 15 is 0 Å². The first kappa shape index (κ1) is 13.2. The summed E-state index contributed by atoms with van der Waals surface area (Å²) in [5.41, 5.74) is 2.02. The Morgan fingerprint density at radius 2 is 2.17 bits per heavy atom. The number of hydrogen-bond donors (Lipinski definition) is 1. The van der Waals surface area contributed by atoms with E-state index in [2.05, 4.69) is 33.2 Å². The van der Waals surface area contributed by atoms with Crippen molar-refractivity contribution in [2.75, 3.05) is 0 Å². The summed E-state index contributed by atoms with van der Waals surface area (Å²) in [5.74, 6) is -0.233. The lowest BCUT2D eigenvalue weighted by atomic mass is 10.1. The van der Waals surface area contributed by atoms with Gasteiger partial charge in [-0.05, 0) is 46.1 Å². The molecule has 1 atom stereocenters. The molecule has 2 aromatic rings. The van der Waals surface area contributed by atoms with Crippen LogP contribution in [0.2, 0.25) is 0 Å². The van der Waals surface area contributed by atoms with Gasteiger partial charge in [0, 0.05) is 25.0 Å². The number of halogens is 2. The van der Waals surface area contributed by atoms with Crippen LogP contribution in [-0.4, -0.2) is 4.98 Å². The molecule has 0 aliphatic heterocycles. The standard InChI is InChI=1S/C14H14BrFN2/c1-10(11-5-3-7-17-8-11)18-9-12-4-2-6-13(16)14(12)15/h2-8,10,18H,9H2,1H3. The summed E-state index contributed by atoms with van der Waals surface area (Å²) < 4.78 is 13.9. The molecular formula is C14H14BrFN2. The Kier molecular flexibility index (Phi) is 4.44. The first-order valence-corrected chi connectivity index (χ1v) is 6.54. The molecule has 1 aromatic carbocycles. The van der Waals surface area contributed by atoms with Crippen LogP contribution in [0.25, 0.3) is 0 Å². The predicted octanol–water partition coefficient (Wildman–Crippen LogP) is 3.83. The van der Waals surface area contributed by atoms with Crippen LogP contribution < -0.4 is 5.32 Å². The third-order valence-corrected chi connectivity index (χ3v) is 3.70. The molecule has 0 aliphatic rings. The molecule has 0 bridgehead atoms. The van der Waals surface area contributed by atoms with Gasteiger partial charge in [0.25, 0.3) is 0 Å². The van der Waals surface area contributed by atoms with Gasteiger partial charge in [-0.25, -0.2) is 4.39 Å². The summed E-state index contributed by atoms with van der Waals surface area (Å²) in [6.45, 7) is 2.67. The van der Waals surface area contributed by atoms with E-state index in [1.165, 1.54) is 6.07 Å². The lowest BCUT2D eigenvalue weighted by molar-refractivity contribution is 0.565. The second kappa shape index (κ2) is 6.07. The van der Waals surface area contributed by atoms with Crippen LogP contribution in [0.3, 0.4) is 0 Å². The zero-order valence-corrected chi connectivity index (χ0v) is 11.6. The van der Waals surface area contributed by atoms with E-state index in [1.807, 2.05) is 24.4 Å². The van der Waals surface area contributed by atoms with Crippen LogP contribution in [0.15, 0.2) is 47.2 Å². The minimum absolute atomic E-state index is 0.175. The van der Waals surface area contributed by atoms with Crippen molar-refractivity contribution in [2.24, 2.45) is 0 Å². The van der Waals surface area contributed by atoms with Crippen LogP contribution >= 0.6 is 15.9 Å². The van der Waals surface area contributed by atoms with Crippen molar-refractivity contribution in [3.8, 4) is 0 Å². The minimum atomic E-state index is -0.233. The Hall–Kier alpha value is -1.26. The summed E-state index contributed by atoms with van der Waals surface area (Å²) in [5, 5.41) is 3.35. The predicted molar refractivity (Wildman–Crippen MR) is 73.6 cm³/mol. The van der Waals surface area contributed by atoms with Crippen molar-refractivity contribution in [1.82, 2.24) is 10.3 Å². The molecule has 2 rings (SSSR count). The maximum Gasteiger partial charge on any atom is 0.137 e. The van der Waals surface area contributed by atoms with Crippen LogP contribution in [0.5, 0.6) is 0 Å². The molecule has 1 unspecified atom stereocenters. The molecule has 0 radical (unpaired) electrons. The minimum Gasteiger partial charge on any atom is -0.306 e. The zero-order valence-electron chi connectivity index (χ0n) is 10.0. The fourth-order valence-electron chi connectivity index (χ4n) is 1.70. The molecule has 1 N–H and O–H groups in total. The average molecular weight is 309 g/mol. The lowest BCUT2D eigenvalue weighted by Gasteiger charge is -2.14. The molecule has 0 aliphatic carbocycles. The first-order valence-electron chi connectivity index (χ1n) is 5.74. The number of pyridine rings is 1. The fraction of sp³-hybridized carbons (Fsp3) is 0.214. The SMILES string of the molecule is CC(NCc1cccc(F)c1Br)c1cccnc1. The highest BCUT2D eigenvalue weighted by Crippen LogP contribution is 2.21. The van der Waals surface area contributed by atoms with Crippen LogP contribution in [-0.2, 0) is 6.54 Å². The first-order chi connectivity index (χ1) is 8.68. The molecule has 0 fully saturated rings. The van der Waals surface area contributed by atoms with E-state index in [4.69, 9.17) is 0 Å². The molecule has 0 amide bonds. The quantitative estimate of drug-likeness (QED) is 0.928. The molecule has 1 aromatic heterocycles. The van der Waals surface area contributed by atoms with E-state index < -0.39 is 0 Å². The van der Waals surface area contributed by atoms with E-state index in [9.17, 15) is 4.39 Å². The van der Waals surface area contributed by atoms with Gasteiger partial charge in [0.15, 0.2) is 0 Å². The molecule has 2 nitrogen and oxygen atoms in total. The maximum atomic E-state index is 13.3. The largest absolute Gasteiger partial charge is 0.306 e. The molecule has 4 heteroatoms. The normalized spacial score (nSPS) is 12.4. The topological polar surface area (TPSA) is 24.9 Å². The number of rotatable bonds is 4. The summed E-state index contributed by atoms with van der Waals surface area (Å²) in [7, 11) is 0. The van der Waals surface area contributed by atoms with Gasteiger partial charge in [-0.2, -0.15) is 0 Å². The van der Waals surface area contributed by atoms with Crippen LogP contribution in [0, 0.1) is 5.82 Å². The molecule has 1 heterocycles. The van der Waals surface area contributed by atoms with Gasteiger partial charge < -0.3 is 5.32 Å². The summed E-state index contributed by atoms with van der Waals surface area (Å²) in [6, 6.07) is 9.16. The number of nitrogens with zero attached hydrogens (tertiary/aromatic N) is 1. The Morgan fingerprint density at radius 1 is 1.33 bits per heavy atom. The van der Waals surface area contributed by atoms with Crippen LogP contribution in [0.1, 0.15) is 24.1 Å². The van der Waals surface area contributed by atoms with E-state index in [0.29, 0.717) is 11.0 Å². The Labute approximate surface area is 114 Å². The van der Waals surface area contributed by atoms with Gasteiger partial charge in [-0.15, -0.1) is 0 Å². The van der Waals surface area contributed by atoms with E-state index in [1.54, 1.807) is 12.3 Å². The zero-order chi connectivity index (χ0) is 13.0. The summed E-state index contributed by atoms with van der Waals surface area (Å²) in [6.07, 6.45) is 3.58. The highest BCUT2D eigenvalue weighted by atomic mass is 79.9. The van der Waals surface area contributed by atoms with E-state index in [-0.39, 0.29) is 11.9 Å². The summed E-state index contributed by atoms with van der Waals surface area (Å²) in [4.78, 5) is 4.08. The van der Waals surface area contributed by atoms with Crippen LogP contribution in [0.4, 0.5) is 4.39 Å². The number of aromatic nitrogens is 1. The van der Waals surface area contributed by atoms with Gasteiger partial charge in [0.2, 0.25) is 0 Å². The average Bonchev–Trinajstić information content (AvgIpc) is 2.41. The molecule has 18 heavy (non-hydrogen) atoms. The number of hydrogen-bond acceptors (Lipinski definition) is 2. The van der Waals surface area contributed by atoms with Crippen molar-refractivity contribution in [3.05, 3.63) is 64.1 Å². The summed E-state index contributed by atoms with van der Waals surface area (Å²) >= 11 is 3.26. The molecule has 0 saturated carbocycles. The molecular weight excluding hydrogens is 295 g/mol. The van der Waals surface area contributed by atoms with Gasteiger partial charge in [-0.1, -0.05) is 18.2 Å². The van der Waals surface area contributed by atoms with Crippen molar-refractivity contribution in [1.29, 1.82) is 0 Å². The third kappa shape index (κ3) is 3.15. The second-order valence-electron chi connectivity index (χ2n) is 4.10. The molecule has 0 spiro atoms.